The number of alkyl halides is 2. The van der Waals surface area contributed by atoms with Gasteiger partial charge >= 0.3 is 0 Å². The van der Waals surface area contributed by atoms with Crippen LogP contribution in [0.5, 0.6) is 11.5 Å². The summed E-state index contributed by atoms with van der Waals surface area (Å²) in [6.07, 6.45) is -0.523. The summed E-state index contributed by atoms with van der Waals surface area (Å²) in [6.45, 7) is 0.431. The summed E-state index contributed by atoms with van der Waals surface area (Å²) >= 11 is 0. The Morgan fingerprint density at radius 2 is 1.74 bits per heavy atom. The van der Waals surface area contributed by atoms with Gasteiger partial charge in [-0.25, -0.2) is 8.78 Å². The average molecular weight is 594 g/mol. The lowest BCUT2D eigenvalue weighted by Crippen LogP contribution is -2.60. The molecule has 11 heteroatoms. The van der Waals surface area contributed by atoms with Gasteiger partial charge in [-0.2, -0.15) is 0 Å². The van der Waals surface area contributed by atoms with Crippen molar-refractivity contribution in [2.75, 3.05) is 13.7 Å². The first-order valence-electron chi connectivity index (χ1n) is 13.6. The van der Waals surface area contributed by atoms with Gasteiger partial charge in [-0.05, 0) is 54.8 Å². The lowest BCUT2D eigenvalue weighted by Gasteiger charge is -2.37. The molecule has 0 aromatic heterocycles. The van der Waals surface area contributed by atoms with Gasteiger partial charge in [0, 0.05) is 17.7 Å². The third kappa shape index (κ3) is 7.75. The zero-order valence-electron chi connectivity index (χ0n) is 23.7. The van der Waals surface area contributed by atoms with Crippen LogP contribution in [0.4, 0.5) is 8.78 Å². The smallest absolute Gasteiger partial charge is 0.283 e. The quantitative estimate of drug-likeness (QED) is 0.268. The normalized spacial score (nSPS) is 17.0. The summed E-state index contributed by atoms with van der Waals surface area (Å²) in [5.41, 5.74) is 1.74. The van der Waals surface area contributed by atoms with Crippen LogP contribution in [0.2, 0.25) is 0 Å². The van der Waals surface area contributed by atoms with Crippen LogP contribution in [-0.2, 0) is 22.6 Å². The molecule has 3 aromatic rings. The third-order valence-corrected chi connectivity index (χ3v) is 7.19. The summed E-state index contributed by atoms with van der Waals surface area (Å²) in [5.74, 6) is -5.56. The second kappa shape index (κ2) is 13.5. The number of amides is 3. The Morgan fingerprint density at radius 1 is 1.05 bits per heavy atom. The number of ether oxygens (including phenoxy) is 1. The monoisotopic (exact) mass is 593 g/mol. The highest BCUT2D eigenvalue weighted by molar-refractivity contribution is 5.97. The van der Waals surface area contributed by atoms with Crippen molar-refractivity contribution in [3.63, 3.8) is 0 Å². The maximum Gasteiger partial charge on any atom is 0.283 e. The number of hydrogen-bond acceptors (Lipinski definition) is 6. The Bertz CT molecular complexity index is 1500. The molecule has 226 valence electrons. The highest BCUT2D eigenvalue weighted by Crippen LogP contribution is 2.26. The van der Waals surface area contributed by atoms with Gasteiger partial charge in [0.15, 0.2) is 6.10 Å². The van der Waals surface area contributed by atoms with Crippen LogP contribution >= 0.6 is 0 Å². The number of carbonyl (C=O) groups is 3. The number of nitrogens with one attached hydrogen (secondary N) is 2. The van der Waals surface area contributed by atoms with Crippen LogP contribution in [-0.4, -0.2) is 70.6 Å². The molecule has 0 aliphatic carbocycles. The molecular weight excluding hydrogens is 560 g/mol. The molecule has 1 heterocycles. The van der Waals surface area contributed by atoms with Crippen molar-refractivity contribution in [2.24, 2.45) is 0 Å². The topological polar surface area (TPSA) is 128 Å². The number of aliphatic hydroxyl groups excluding tert-OH is 1. The van der Waals surface area contributed by atoms with Crippen molar-refractivity contribution in [3.8, 4) is 11.5 Å². The van der Waals surface area contributed by atoms with Gasteiger partial charge in [-0.1, -0.05) is 54.6 Å². The number of carbonyl (C=O) groups excluding carboxylic acids is 3. The van der Waals surface area contributed by atoms with Crippen molar-refractivity contribution in [2.45, 2.75) is 44.0 Å². The highest BCUT2D eigenvalue weighted by Gasteiger charge is 2.44. The molecule has 4 rings (SSSR count). The number of aliphatic hydroxyl groups is 1. The molecular formula is C32H33F2N3O6. The second-order valence-electron chi connectivity index (χ2n) is 10.3. The predicted molar refractivity (Wildman–Crippen MR) is 155 cm³/mol. The van der Waals surface area contributed by atoms with Crippen LogP contribution in [0.15, 0.2) is 84.9 Å². The molecule has 0 radical (unpaired) electrons. The van der Waals surface area contributed by atoms with Gasteiger partial charge < -0.3 is 30.5 Å². The molecule has 0 saturated heterocycles. The highest BCUT2D eigenvalue weighted by atomic mass is 19.3. The predicted octanol–water partition coefficient (Wildman–Crippen LogP) is 3.13. The number of methoxy groups -OCH3 is 1. The van der Waals surface area contributed by atoms with Crippen molar-refractivity contribution >= 4 is 17.7 Å². The number of halogens is 2. The van der Waals surface area contributed by atoms with Crippen LogP contribution in [0.1, 0.15) is 27.0 Å². The molecule has 1 aliphatic heterocycles. The van der Waals surface area contributed by atoms with Gasteiger partial charge in [-0.3, -0.25) is 14.4 Å². The van der Waals surface area contributed by atoms with Gasteiger partial charge in [-0.15, -0.1) is 0 Å². The Balaban J connectivity index is 1.57. The van der Waals surface area contributed by atoms with Crippen LogP contribution in [0.25, 0.3) is 0 Å². The number of benzene rings is 3. The summed E-state index contributed by atoms with van der Waals surface area (Å²) < 4.78 is 34.2. The SMILES string of the molecule is COc1cccc(CNC(=O)[C@@H]2C=CC(F)(F)CN2C(=O)[C@@H](O)[C@H](Cc2ccccc2)NC(=O)c2cccc(O)c2C)c1. The maximum atomic E-state index is 14.5. The average Bonchev–Trinajstić information content (AvgIpc) is 3.00. The zero-order valence-corrected chi connectivity index (χ0v) is 23.7. The van der Waals surface area contributed by atoms with Gasteiger partial charge in [0.1, 0.15) is 17.5 Å². The molecule has 1 aliphatic rings. The number of nitrogens with zero attached hydrogens (tertiary/aromatic N) is 1. The Labute approximate surface area is 247 Å². The van der Waals surface area contributed by atoms with E-state index in [1.807, 2.05) is 0 Å². The van der Waals surface area contributed by atoms with Crippen LogP contribution < -0.4 is 15.4 Å². The Kier molecular flexibility index (Phi) is 9.77. The van der Waals surface area contributed by atoms with Crippen molar-refractivity contribution in [3.05, 3.63) is 107 Å². The molecule has 0 saturated carbocycles. The number of aromatic hydroxyl groups is 1. The standard InChI is InChI=1S/C32H33F2N3O6/c1-20-24(12-7-13-27(20)38)29(40)36-25(17-21-8-4-3-5-9-21)28(39)31(42)37-19-32(33,34)15-14-26(37)30(41)35-18-22-10-6-11-23(16-22)43-2/h3-16,25-26,28,38-39H,17-19H2,1-2H3,(H,35,41)(H,36,40)/t25-,26-,28-/m0/s1. The molecule has 0 fully saturated rings. The zero-order chi connectivity index (χ0) is 31.1. The number of hydrogen-bond donors (Lipinski definition) is 4. The fourth-order valence-electron chi connectivity index (χ4n) is 4.80. The van der Waals surface area contributed by atoms with Gasteiger partial charge in [0.25, 0.3) is 17.7 Å². The minimum Gasteiger partial charge on any atom is -0.508 e. The molecule has 9 nitrogen and oxygen atoms in total. The third-order valence-electron chi connectivity index (χ3n) is 7.19. The Morgan fingerprint density at radius 3 is 2.47 bits per heavy atom. The molecule has 0 bridgehead atoms. The summed E-state index contributed by atoms with van der Waals surface area (Å²) in [4.78, 5) is 40.6. The van der Waals surface area contributed by atoms with Gasteiger partial charge in [0.05, 0.1) is 19.7 Å². The molecule has 0 spiro atoms. The van der Waals surface area contributed by atoms with E-state index in [1.165, 1.54) is 32.2 Å². The fourth-order valence-corrected chi connectivity index (χ4v) is 4.80. The van der Waals surface area contributed by atoms with E-state index in [2.05, 4.69) is 10.6 Å². The summed E-state index contributed by atoms with van der Waals surface area (Å²) in [5, 5.41) is 26.6. The van der Waals surface area contributed by atoms with E-state index in [-0.39, 0.29) is 29.8 Å². The van der Waals surface area contributed by atoms with E-state index in [4.69, 9.17) is 4.74 Å². The first-order chi connectivity index (χ1) is 20.5. The van der Waals surface area contributed by atoms with Crippen LogP contribution in [0.3, 0.4) is 0 Å². The molecule has 43 heavy (non-hydrogen) atoms. The van der Waals surface area contributed by atoms with Crippen molar-refractivity contribution in [1.29, 1.82) is 0 Å². The van der Waals surface area contributed by atoms with Crippen molar-refractivity contribution < 1.29 is 38.1 Å². The number of rotatable bonds is 10. The maximum absolute atomic E-state index is 14.5. The number of phenolic OH excluding ortho intramolecular Hbond substituents is 1. The molecule has 4 N–H and O–H groups in total. The molecule has 3 atom stereocenters. The van der Waals surface area contributed by atoms with Crippen LogP contribution in [0, 0.1) is 6.92 Å². The van der Waals surface area contributed by atoms with E-state index in [0.29, 0.717) is 27.9 Å². The van der Waals surface area contributed by atoms with E-state index < -0.39 is 48.4 Å². The first kappa shape index (κ1) is 31.2. The number of phenols is 1. The minimum atomic E-state index is -3.45. The van der Waals surface area contributed by atoms with E-state index >= 15 is 0 Å². The largest absolute Gasteiger partial charge is 0.508 e. The first-order valence-corrected chi connectivity index (χ1v) is 13.6. The summed E-state index contributed by atoms with van der Waals surface area (Å²) in [6, 6.07) is 17.2. The fraction of sp³-hybridized carbons (Fsp3) is 0.281. The lowest BCUT2D eigenvalue weighted by molar-refractivity contribution is -0.152. The lowest BCUT2D eigenvalue weighted by atomic mass is 9.97. The second-order valence-corrected chi connectivity index (χ2v) is 10.3. The van der Waals surface area contributed by atoms with Gasteiger partial charge in [0.2, 0.25) is 5.91 Å². The Hall–Kier alpha value is -4.77. The molecule has 3 amide bonds. The van der Waals surface area contributed by atoms with Crippen molar-refractivity contribution in [1.82, 2.24) is 15.5 Å². The molecule has 0 unspecified atom stereocenters. The summed E-state index contributed by atoms with van der Waals surface area (Å²) in [7, 11) is 1.50. The minimum absolute atomic E-state index is 0.0237. The van der Waals surface area contributed by atoms with E-state index in [0.717, 1.165) is 6.08 Å². The molecule has 3 aromatic carbocycles. The van der Waals surface area contributed by atoms with E-state index in [9.17, 15) is 33.4 Å². The van der Waals surface area contributed by atoms with E-state index in [1.54, 1.807) is 54.6 Å².